The molecule has 26 heavy (non-hydrogen) atoms. The predicted octanol–water partition coefficient (Wildman–Crippen LogP) is 2.49. The van der Waals surface area contributed by atoms with Gasteiger partial charge in [0, 0.05) is 13.1 Å². The molecule has 2 rings (SSSR count). The summed E-state index contributed by atoms with van der Waals surface area (Å²) in [4.78, 5) is 23.8. The molecule has 0 aromatic heterocycles. The van der Waals surface area contributed by atoms with Crippen molar-refractivity contribution in [3.63, 3.8) is 0 Å². The first-order valence-corrected chi connectivity index (χ1v) is 9.46. The molecule has 2 amide bonds. The van der Waals surface area contributed by atoms with Gasteiger partial charge in [0.05, 0.1) is 5.60 Å². The molecular weight excluding hydrogens is 328 g/mol. The van der Waals surface area contributed by atoms with E-state index >= 15 is 0 Å². The molecule has 0 saturated heterocycles. The number of carbonyl (C=O) groups is 2. The van der Waals surface area contributed by atoms with Crippen LogP contribution in [0.25, 0.3) is 0 Å². The van der Waals surface area contributed by atoms with E-state index in [-0.39, 0.29) is 6.54 Å². The largest absolute Gasteiger partial charge is 0.388 e. The third-order valence-electron chi connectivity index (χ3n) is 4.75. The molecule has 0 radical (unpaired) electrons. The summed E-state index contributed by atoms with van der Waals surface area (Å²) in [6.45, 7) is 2.20. The van der Waals surface area contributed by atoms with E-state index in [1.54, 1.807) is 6.92 Å². The normalized spacial score (nSPS) is 16.3. The van der Waals surface area contributed by atoms with Crippen molar-refractivity contribution >= 4 is 11.8 Å². The zero-order chi connectivity index (χ0) is 18.8. The fourth-order valence-electron chi connectivity index (χ4n) is 3.05. The Morgan fingerprint density at radius 2 is 1.81 bits per heavy atom. The van der Waals surface area contributed by atoms with Gasteiger partial charge in [0.15, 0.2) is 0 Å². The van der Waals surface area contributed by atoms with E-state index in [1.165, 1.54) is 18.4 Å². The number of benzene rings is 1. The molecule has 1 aromatic carbocycles. The maximum atomic E-state index is 11.9. The third kappa shape index (κ3) is 7.40. The lowest BCUT2D eigenvalue weighted by molar-refractivity contribution is -0.139. The molecule has 0 unspecified atom stereocenters. The van der Waals surface area contributed by atoms with Gasteiger partial charge in [-0.25, -0.2) is 0 Å². The van der Waals surface area contributed by atoms with Gasteiger partial charge in [-0.05, 0) is 57.4 Å². The number of amides is 2. The monoisotopic (exact) mass is 358 g/mol. The van der Waals surface area contributed by atoms with Crippen LogP contribution in [0.5, 0.6) is 0 Å². The van der Waals surface area contributed by atoms with E-state index in [4.69, 9.17) is 0 Å². The first kappa shape index (κ1) is 20.2. The van der Waals surface area contributed by atoms with Crippen molar-refractivity contribution in [2.75, 3.05) is 13.1 Å². The second-order valence-electron chi connectivity index (χ2n) is 7.28. The minimum absolute atomic E-state index is 0.0528. The fourth-order valence-corrected chi connectivity index (χ4v) is 3.05. The molecule has 1 atom stereocenters. The summed E-state index contributed by atoms with van der Waals surface area (Å²) >= 11 is 0. The lowest BCUT2D eigenvalue weighted by Gasteiger charge is -2.23. The highest BCUT2D eigenvalue weighted by Crippen LogP contribution is 2.19. The molecule has 0 bridgehead atoms. The predicted molar refractivity (Wildman–Crippen MR) is 103 cm³/mol. The molecule has 142 valence electrons. The summed E-state index contributed by atoms with van der Waals surface area (Å²) in [6.07, 6.45) is 8.90. The number of aliphatic hydroxyl groups is 1. The average Bonchev–Trinajstić information content (AvgIpc) is 2.66. The van der Waals surface area contributed by atoms with E-state index in [1.807, 2.05) is 30.3 Å². The molecule has 0 fully saturated rings. The first-order valence-electron chi connectivity index (χ1n) is 9.46. The highest BCUT2D eigenvalue weighted by molar-refractivity contribution is 6.35. The summed E-state index contributed by atoms with van der Waals surface area (Å²) in [6, 6.07) is 9.87. The Morgan fingerprint density at radius 3 is 2.50 bits per heavy atom. The van der Waals surface area contributed by atoms with Gasteiger partial charge in [0.2, 0.25) is 0 Å². The maximum absolute atomic E-state index is 11.9. The second kappa shape index (κ2) is 10.1. The van der Waals surface area contributed by atoms with Crippen LogP contribution in [0.1, 0.15) is 51.0 Å². The van der Waals surface area contributed by atoms with Gasteiger partial charge in [-0.1, -0.05) is 42.0 Å². The van der Waals surface area contributed by atoms with Gasteiger partial charge in [-0.2, -0.15) is 0 Å². The zero-order valence-corrected chi connectivity index (χ0v) is 15.6. The van der Waals surface area contributed by atoms with E-state index in [2.05, 4.69) is 16.7 Å². The molecule has 0 spiro atoms. The van der Waals surface area contributed by atoms with Crippen LogP contribution in [0.2, 0.25) is 0 Å². The Balaban J connectivity index is 1.65. The summed E-state index contributed by atoms with van der Waals surface area (Å²) in [7, 11) is 0. The lowest BCUT2D eigenvalue weighted by Crippen LogP contribution is -2.46. The van der Waals surface area contributed by atoms with E-state index < -0.39 is 17.4 Å². The van der Waals surface area contributed by atoms with E-state index in [0.29, 0.717) is 19.4 Å². The van der Waals surface area contributed by atoms with E-state index in [9.17, 15) is 14.7 Å². The lowest BCUT2D eigenvalue weighted by atomic mass is 9.97. The molecular formula is C21H30N2O3. The molecule has 0 heterocycles. The highest BCUT2D eigenvalue weighted by atomic mass is 16.3. The molecule has 1 aliphatic rings. The molecule has 0 aliphatic heterocycles. The van der Waals surface area contributed by atoms with Gasteiger partial charge in [0.1, 0.15) is 0 Å². The van der Waals surface area contributed by atoms with Gasteiger partial charge < -0.3 is 15.7 Å². The molecule has 1 aromatic rings. The van der Waals surface area contributed by atoms with Crippen molar-refractivity contribution in [3.05, 3.63) is 47.5 Å². The molecule has 5 heteroatoms. The average molecular weight is 358 g/mol. The Hall–Kier alpha value is -2.14. The van der Waals surface area contributed by atoms with Gasteiger partial charge in [-0.15, -0.1) is 0 Å². The van der Waals surface area contributed by atoms with Crippen LogP contribution >= 0.6 is 0 Å². The van der Waals surface area contributed by atoms with Crippen molar-refractivity contribution in [2.24, 2.45) is 0 Å². The van der Waals surface area contributed by atoms with Crippen molar-refractivity contribution in [2.45, 2.75) is 57.5 Å². The summed E-state index contributed by atoms with van der Waals surface area (Å²) in [5, 5.41) is 15.6. The van der Waals surface area contributed by atoms with Gasteiger partial charge in [-0.3, -0.25) is 9.59 Å². The number of nitrogens with one attached hydrogen (secondary N) is 2. The van der Waals surface area contributed by atoms with Gasteiger partial charge >= 0.3 is 11.8 Å². The van der Waals surface area contributed by atoms with Crippen molar-refractivity contribution < 1.29 is 14.7 Å². The minimum Gasteiger partial charge on any atom is -0.388 e. The van der Waals surface area contributed by atoms with Crippen LogP contribution in [0.3, 0.4) is 0 Å². The van der Waals surface area contributed by atoms with Crippen molar-refractivity contribution in [1.82, 2.24) is 10.6 Å². The SMILES string of the molecule is C[C@@](O)(CCc1ccccc1)CNC(=O)C(=O)NCCC1=CCCCC1. The topological polar surface area (TPSA) is 78.4 Å². The molecule has 3 N–H and O–H groups in total. The third-order valence-corrected chi connectivity index (χ3v) is 4.75. The van der Waals surface area contributed by atoms with Crippen LogP contribution < -0.4 is 10.6 Å². The van der Waals surface area contributed by atoms with E-state index in [0.717, 1.165) is 24.8 Å². The Bertz CT molecular complexity index is 623. The number of allylic oxidation sites excluding steroid dienone is 1. The van der Waals surface area contributed by atoms with Crippen molar-refractivity contribution in [3.8, 4) is 0 Å². The summed E-state index contributed by atoms with van der Waals surface area (Å²) in [5.74, 6) is -1.33. The van der Waals surface area contributed by atoms with Crippen LogP contribution in [0, 0.1) is 0 Å². The Labute approximate surface area is 155 Å². The smallest absolute Gasteiger partial charge is 0.309 e. The van der Waals surface area contributed by atoms with Gasteiger partial charge in [0.25, 0.3) is 0 Å². The number of aryl methyl sites for hydroxylation is 1. The van der Waals surface area contributed by atoms with Crippen LogP contribution in [0.15, 0.2) is 42.0 Å². The summed E-state index contributed by atoms with van der Waals surface area (Å²) in [5.41, 5.74) is 1.44. The quantitative estimate of drug-likeness (QED) is 0.493. The number of hydrogen-bond acceptors (Lipinski definition) is 3. The Morgan fingerprint density at radius 1 is 1.08 bits per heavy atom. The number of rotatable bonds is 8. The zero-order valence-electron chi connectivity index (χ0n) is 15.6. The summed E-state index contributed by atoms with van der Waals surface area (Å²) < 4.78 is 0. The van der Waals surface area contributed by atoms with Crippen LogP contribution in [-0.2, 0) is 16.0 Å². The fraction of sp³-hybridized carbons (Fsp3) is 0.524. The second-order valence-corrected chi connectivity index (χ2v) is 7.28. The first-order chi connectivity index (χ1) is 12.5. The molecule has 0 saturated carbocycles. The molecule has 1 aliphatic carbocycles. The Kier molecular flexibility index (Phi) is 7.85. The van der Waals surface area contributed by atoms with Crippen LogP contribution in [0.4, 0.5) is 0 Å². The minimum atomic E-state index is -1.06. The highest BCUT2D eigenvalue weighted by Gasteiger charge is 2.23. The molecule has 5 nitrogen and oxygen atoms in total. The number of hydrogen-bond donors (Lipinski definition) is 3. The standard InChI is InChI=1S/C21H30N2O3/c1-21(26,14-12-17-8-4-2-5-9-17)16-23-20(25)19(24)22-15-13-18-10-6-3-7-11-18/h2,4-5,8-10,26H,3,6-7,11-16H2,1H3,(H,22,24)(H,23,25)/t21-/m1/s1. The number of carbonyl (C=O) groups excluding carboxylic acids is 2. The van der Waals surface area contributed by atoms with Crippen LogP contribution in [-0.4, -0.2) is 35.6 Å². The maximum Gasteiger partial charge on any atom is 0.309 e. The van der Waals surface area contributed by atoms with Crippen molar-refractivity contribution in [1.29, 1.82) is 0 Å².